The Bertz CT molecular complexity index is 1940. The number of nitro groups is 1. The molecule has 0 bridgehead atoms. The third-order valence-corrected chi connectivity index (χ3v) is 7.91. The van der Waals surface area contributed by atoms with Crippen LogP contribution in [-0.4, -0.2) is 31.3 Å². The van der Waals surface area contributed by atoms with Crippen molar-refractivity contribution in [1.82, 2.24) is 19.7 Å². The second kappa shape index (κ2) is 9.78. The predicted octanol–water partition coefficient (Wildman–Crippen LogP) is 6.60. The molecule has 3 aromatic heterocycles. The monoisotopic (exact) mass is 551 g/mol. The Balaban J connectivity index is 1.53. The average Bonchev–Trinajstić information content (AvgIpc) is 3.68. The maximum atomic E-state index is 13.5. The third kappa shape index (κ3) is 3.98. The molecule has 1 aliphatic heterocycles. The summed E-state index contributed by atoms with van der Waals surface area (Å²) in [7, 11) is 0. The average molecular weight is 552 g/mol. The van der Waals surface area contributed by atoms with Gasteiger partial charge in [-0.1, -0.05) is 30.3 Å². The van der Waals surface area contributed by atoms with E-state index in [1.807, 2.05) is 22.9 Å². The third-order valence-electron chi connectivity index (χ3n) is 7.11. The van der Waals surface area contributed by atoms with Crippen LogP contribution < -0.4 is 5.63 Å². The lowest BCUT2D eigenvalue weighted by molar-refractivity contribution is -0.382. The number of hydrogen-bond acceptors (Lipinski definition) is 9. The molecule has 198 valence electrons. The number of nitrogens with zero attached hydrogens (tertiary/aromatic N) is 5. The Morgan fingerprint density at radius 1 is 1.05 bits per heavy atom. The number of benzene rings is 3. The number of rotatable bonds is 5. The molecule has 1 saturated heterocycles. The summed E-state index contributed by atoms with van der Waals surface area (Å²) in [5.74, 6) is 0.0776. The van der Waals surface area contributed by atoms with E-state index in [-0.39, 0.29) is 34.3 Å². The fraction of sp³-hybridized carbons (Fsp3) is 0.172. The highest BCUT2D eigenvalue weighted by Crippen LogP contribution is 2.43. The lowest BCUT2D eigenvalue weighted by Gasteiger charge is -2.23. The molecule has 0 radical (unpaired) electrons. The Morgan fingerprint density at radius 2 is 1.93 bits per heavy atom. The lowest BCUT2D eigenvalue weighted by Crippen LogP contribution is -2.18. The van der Waals surface area contributed by atoms with Crippen molar-refractivity contribution in [3.05, 3.63) is 92.9 Å². The van der Waals surface area contributed by atoms with Gasteiger partial charge in [0.2, 0.25) is 5.89 Å². The van der Waals surface area contributed by atoms with Crippen LogP contribution in [0.1, 0.15) is 25.5 Å². The second-order valence-electron chi connectivity index (χ2n) is 9.46. The maximum absolute atomic E-state index is 13.5. The number of fused-ring (bicyclic) bond motifs is 2. The molecule has 0 N–H and O–H groups in total. The van der Waals surface area contributed by atoms with E-state index in [0.29, 0.717) is 33.7 Å². The molecule has 1 aliphatic rings. The zero-order valence-electron chi connectivity index (χ0n) is 21.0. The normalized spacial score (nSPS) is 15.6. The van der Waals surface area contributed by atoms with Crippen LogP contribution in [0.4, 0.5) is 5.69 Å². The van der Waals surface area contributed by atoms with Crippen LogP contribution in [-0.2, 0) is 4.74 Å². The molecule has 0 saturated carbocycles. The molecule has 1 atom stereocenters. The van der Waals surface area contributed by atoms with E-state index in [4.69, 9.17) is 9.15 Å². The van der Waals surface area contributed by atoms with Crippen molar-refractivity contribution in [3.8, 4) is 33.2 Å². The van der Waals surface area contributed by atoms with Crippen LogP contribution in [0.5, 0.6) is 0 Å². The molecule has 6 aromatic rings. The van der Waals surface area contributed by atoms with E-state index in [0.717, 1.165) is 24.8 Å². The molecule has 1 fully saturated rings. The summed E-state index contributed by atoms with van der Waals surface area (Å²) < 4.78 is 13.4. The second-order valence-corrected chi connectivity index (χ2v) is 10.4. The Morgan fingerprint density at radius 3 is 2.67 bits per heavy atom. The van der Waals surface area contributed by atoms with Crippen molar-refractivity contribution in [2.24, 2.45) is 0 Å². The minimum atomic E-state index is -0.839. The largest absolute Gasteiger partial charge is 0.403 e. The van der Waals surface area contributed by atoms with E-state index >= 15 is 0 Å². The topological polar surface area (TPSA) is 126 Å². The number of thiazole rings is 1. The van der Waals surface area contributed by atoms with Crippen molar-refractivity contribution < 1.29 is 14.1 Å². The maximum Gasteiger partial charge on any atom is 0.354 e. The van der Waals surface area contributed by atoms with Crippen LogP contribution in [0.2, 0.25) is 0 Å². The van der Waals surface area contributed by atoms with Gasteiger partial charge >= 0.3 is 5.63 Å². The molecule has 11 heteroatoms. The molecule has 3 aromatic carbocycles. The fourth-order valence-electron chi connectivity index (χ4n) is 5.31. The first-order valence-electron chi connectivity index (χ1n) is 12.8. The number of hydrogen-bond donors (Lipinski definition) is 0. The van der Waals surface area contributed by atoms with E-state index in [1.165, 1.54) is 11.3 Å². The summed E-state index contributed by atoms with van der Waals surface area (Å²) in [4.78, 5) is 34.7. The van der Waals surface area contributed by atoms with Gasteiger partial charge in [-0.3, -0.25) is 10.1 Å². The quantitative estimate of drug-likeness (QED) is 0.173. The molecule has 40 heavy (non-hydrogen) atoms. The van der Waals surface area contributed by atoms with Crippen LogP contribution in [0.3, 0.4) is 0 Å². The fourth-order valence-corrected chi connectivity index (χ4v) is 5.96. The van der Waals surface area contributed by atoms with E-state index in [1.54, 1.807) is 54.2 Å². The van der Waals surface area contributed by atoms with Crippen molar-refractivity contribution in [3.63, 3.8) is 0 Å². The standard InChI is InChI=1S/C29H21N5O5S/c35-29-24-25(32-27(39-29)17-7-2-1-3-8-17)20(28-30-12-14-40-28)15-19(26(24)34(36)37)18-9-6-10-22-21(18)16-31-33(22)23-11-4-5-13-38-23/h1-3,6-10,12,14-16,23H,4-5,11,13H2. The zero-order chi connectivity index (χ0) is 27.2. The molecule has 4 heterocycles. The molecular formula is C29H21N5O5S. The van der Waals surface area contributed by atoms with Gasteiger partial charge in [0.15, 0.2) is 11.6 Å². The summed E-state index contributed by atoms with van der Waals surface area (Å²) in [6, 6.07) is 16.2. The van der Waals surface area contributed by atoms with E-state index < -0.39 is 10.5 Å². The molecular weight excluding hydrogens is 530 g/mol. The van der Waals surface area contributed by atoms with E-state index in [2.05, 4.69) is 15.1 Å². The van der Waals surface area contributed by atoms with E-state index in [9.17, 15) is 14.9 Å². The number of aromatic nitrogens is 4. The molecule has 0 spiro atoms. The van der Waals surface area contributed by atoms with Crippen molar-refractivity contribution in [2.75, 3.05) is 6.61 Å². The smallest absolute Gasteiger partial charge is 0.354 e. The van der Waals surface area contributed by atoms with Gasteiger partial charge in [0.05, 0.1) is 27.7 Å². The molecule has 0 aliphatic carbocycles. The number of nitro benzene ring substituents is 1. The van der Waals surface area contributed by atoms with Crippen LogP contribution >= 0.6 is 11.3 Å². The first kappa shape index (κ1) is 24.3. The SMILES string of the molecule is O=c1oc(-c2ccccc2)nc2c(-c3nccs3)cc(-c3cccc4c3cnn4C3CCCCO3)c([N+](=O)[O-])c12. The van der Waals surface area contributed by atoms with Crippen LogP contribution in [0.25, 0.3) is 55.0 Å². The predicted molar refractivity (Wildman–Crippen MR) is 151 cm³/mol. The Hall–Kier alpha value is -4.74. The first-order valence-corrected chi connectivity index (χ1v) is 13.7. The van der Waals surface area contributed by atoms with Crippen molar-refractivity contribution >= 4 is 38.8 Å². The number of ether oxygens (including phenoxy) is 1. The minimum Gasteiger partial charge on any atom is -0.403 e. The van der Waals surface area contributed by atoms with Gasteiger partial charge in [-0.2, -0.15) is 5.10 Å². The molecule has 0 amide bonds. The van der Waals surface area contributed by atoms with Crippen molar-refractivity contribution in [2.45, 2.75) is 25.5 Å². The minimum absolute atomic E-state index is 0.0776. The summed E-state index contributed by atoms with van der Waals surface area (Å²) in [6.07, 6.45) is 6.01. The molecule has 7 rings (SSSR count). The highest BCUT2D eigenvalue weighted by molar-refractivity contribution is 7.13. The molecule has 10 nitrogen and oxygen atoms in total. The Kier molecular flexibility index (Phi) is 5.94. The Labute approximate surface area is 230 Å². The van der Waals surface area contributed by atoms with Gasteiger partial charge < -0.3 is 9.15 Å². The van der Waals surface area contributed by atoms with Gasteiger partial charge in [0, 0.05) is 34.7 Å². The van der Waals surface area contributed by atoms with Crippen LogP contribution in [0.15, 0.2) is 81.6 Å². The van der Waals surface area contributed by atoms with Crippen molar-refractivity contribution in [1.29, 1.82) is 0 Å². The molecule has 1 unspecified atom stereocenters. The summed E-state index contributed by atoms with van der Waals surface area (Å²) in [6.45, 7) is 0.660. The van der Waals surface area contributed by atoms with Crippen LogP contribution in [0, 0.1) is 10.1 Å². The van der Waals surface area contributed by atoms with Gasteiger partial charge in [0.25, 0.3) is 5.69 Å². The first-order chi connectivity index (χ1) is 19.6. The summed E-state index contributed by atoms with van der Waals surface area (Å²) in [5, 5.41) is 20.1. The lowest BCUT2D eigenvalue weighted by atomic mass is 9.95. The highest BCUT2D eigenvalue weighted by atomic mass is 32.1. The van der Waals surface area contributed by atoms with Gasteiger partial charge in [-0.25, -0.2) is 19.4 Å². The highest BCUT2D eigenvalue weighted by Gasteiger charge is 2.30. The zero-order valence-corrected chi connectivity index (χ0v) is 21.8. The van der Waals surface area contributed by atoms with Gasteiger partial charge in [-0.15, -0.1) is 11.3 Å². The van der Waals surface area contributed by atoms with Gasteiger partial charge in [-0.05, 0) is 49.1 Å². The summed E-state index contributed by atoms with van der Waals surface area (Å²) in [5.41, 5.74) is 1.67. The summed E-state index contributed by atoms with van der Waals surface area (Å²) >= 11 is 1.36. The van der Waals surface area contributed by atoms with Gasteiger partial charge in [0.1, 0.15) is 5.01 Å².